The topological polar surface area (TPSA) is 145 Å². The third kappa shape index (κ3) is 5.94. The zero-order chi connectivity index (χ0) is 35.6. The number of carbonyl (C=O) groups excluding carboxylic acids is 5. The second-order valence-electron chi connectivity index (χ2n) is 17.0. The van der Waals surface area contributed by atoms with E-state index in [0.717, 1.165) is 32.1 Å². The van der Waals surface area contributed by atoms with Gasteiger partial charge in [0.15, 0.2) is 11.6 Å². The molecule has 0 radical (unpaired) electrons. The summed E-state index contributed by atoms with van der Waals surface area (Å²) in [4.78, 5) is 62.6. The lowest BCUT2D eigenvalue weighted by molar-refractivity contribution is -0.151. The van der Waals surface area contributed by atoms with E-state index in [4.69, 9.17) is 14.2 Å². The van der Waals surface area contributed by atoms with Gasteiger partial charge in [-0.15, -0.1) is 0 Å². The van der Waals surface area contributed by atoms with E-state index in [2.05, 4.69) is 38.7 Å². The van der Waals surface area contributed by atoms with Gasteiger partial charge in [0.05, 0.1) is 6.61 Å². The van der Waals surface area contributed by atoms with Gasteiger partial charge in [0, 0.05) is 24.7 Å². The third-order valence-corrected chi connectivity index (χ3v) is 13.4. The molecule has 0 aromatic rings. The summed E-state index contributed by atoms with van der Waals surface area (Å²) >= 11 is 0. The van der Waals surface area contributed by atoms with Crippen LogP contribution in [-0.4, -0.2) is 65.7 Å². The fourth-order valence-electron chi connectivity index (χ4n) is 10.9. The van der Waals surface area contributed by atoms with Gasteiger partial charge in [-0.05, 0) is 111 Å². The zero-order valence-corrected chi connectivity index (χ0v) is 30.0. The van der Waals surface area contributed by atoms with Crippen molar-refractivity contribution in [1.82, 2.24) is 5.32 Å². The minimum atomic E-state index is -1.36. The van der Waals surface area contributed by atoms with Crippen molar-refractivity contribution in [2.75, 3.05) is 13.2 Å². The third-order valence-electron chi connectivity index (χ3n) is 13.4. The standard InChI is InChI=1S/C38H55NO9/c1-21(19-46-31(43)18-39-33(45)48-34(5,6)7)22(2)32(44)28(42)16-26-29(47-24(4)40)17-36(9)30-11-10-25-23(3)27(41)12-13-37(25)20-38(30,37)15-14-35(26,36)8/h12-13,21,23,25-26,28-30,42H,2,10-11,14-20H2,1,3-9H3,(H,39,45)/t21-,23-,25?,26-,28+,29-,30-,35+,36-,37+,38-/m0/s1. The van der Waals surface area contributed by atoms with Gasteiger partial charge in [-0.1, -0.05) is 40.3 Å². The van der Waals surface area contributed by atoms with E-state index in [1.54, 1.807) is 27.7 Å². The predicted molar refractivity (Wildman–Crippen MR) is 177 cm³/mol. The summed E-state index contributed by atoms with van der Waals surface area (Å²) in [5.74, 6) is -1.37. The summed E-state index contributed by atoms with van der Waals surface area (Å²) < 4.78 is 16.4. The number of aliphatic hydroxyl groups excluding tert-OH is 1. The molecule has 0 saturated heterocycles. The minimum Gasteiger partial charge on any atom is -0.464 e. The number of allylic oxidation sites excluding steroid dienone is 2. The van der Waals surface area contributed by atoms with Crippen molar-refractivity contribution in [2.45, 2.75) is 118 Å². The molecule has 48 heavy (non-hydrogen) atoms. The normalized spacial score (nSPS) is 39.0. The lowest BCUT2D eigenvalue weighted by Gasteiger charge is -2.60. The number of nitrogens with one attached hydrogen (secondary N) is 1. The van der Waals surface area contributed by atoms with Gasteiger partial charge in [-0.2, -0.15) is 0 Å². The lowest BCUT2D eigenvalue weighted by atomic mass is 9.43. The van der Waals surface area contributed by atoms with Crippen LogP contribution >= 0.6 is 0 Å². The smallest absolute Gasteiger partial charge is 0.408 e. The molecule has 10 heteroatoms. The molecule has 2 N–H and O–H groups in total. The molecule has 0 heterocycles. The van der Waals surface area contributed by atoms with Crippen LogP contribution in [0.25, 0.3) is 0 Å². The molecular weight excluding hydrogens is 614 g/mol. The number of Topliss-reactive ketones (excluding diaryl/α,β-unsaturated/α-hetero) is 1. The maximum atomic E-state index is 13.5. The maximum Gasteiger partial charge on any atom is 0.408 e. The number of rotatable bonds is 10. The Hall–Kier alpha value is -3.01. The molecule has 5 aliphatic rings. The Kier molecular flexibility index (Phi) is 9.37. The van der Waals surface area contributed by atoms with Gasteiger partial charge < -0.3 is 24.6 Å². The molecule has 10 nitrogen and oxygen atoms in total. The molecule has 11 atom stereocenters. The quantitative estimate of drug-likeness (QED) is 0.175. The van der Waals surface area contributed by atoms with Gasteiger partial charge in [0.2, 0.25) is 0 Å². The first kappa shape index (κ1) is 36.3. The van der Waals surface area contributed by atoms with Crippen LogP contribution in [0.1, 0.15) is 100 Å². The molecule has 0 aliphatic heterocycles. The highest BCUT2D eigenvalue weighted by atomic mass is 16.6. The first-order valence-electron chi connectivity index (χ1n) is 17.7. The molecule has 1 amide bonds. The SMILES string of the molecule is C=C(C(=O)[C@H](O)C[C@H]1[C@@H](OC(C)=O)C[C@@]2(C)[C@@H]3CCC4[C@H](C)C(=O)C=C[C@@]45C[C@@]35CC[C@]12C)[C@@H](C)COC(=O)CNC(=O)OC(C)(C)C. The number of alkyl carbamates (subject to hydrolysis) is 1. The van der Waals surface area contributed by atoms with Crippen molar-refractivity contribution in [2.24, 2.45) is 51.2 Å². The number of amides is 1. The fourth-order valence-corrected chi connectivity index (χ4v) is 10.9. The molecule has 4 fully saturated rings. The Morgan fingerprint density at radius 2 is 1.81 bits per heavy atom. The van der Waals surface area contributed by atoms with Crippen LogP contribution in [0.15, 0.2) is 24.3 Å². The number of hydrogen-bond acceptors (Lipinski definition) is 9. The van der Waals surface area contributed by atoms with Crippen LogP contribution in [-0.2, 0) is 33.4 Å². The molecule has 0 aromatic heterocycles. The number of fused-ring (bicyclic) bond motifs is 2. The second kappa shape index (κ2) is 12.4. The van der Waals surface area contributed by atoms with E-state index in [1.165, 1.54) is 6.92 Å². The van der Waals surface area contributed by atoms with Gasteiger partial charge in [0.1, 0.15) is 24.4 Å². The number of ether oxygens (including phenoxy) is 3. The summed E-state index contributed by atoms with van der Waals surface area (Å²) in [5, 5.41) is 13.7. The Balaban J connectivity index is 1.25. The Labute approximate surface area is 284 Å². The largest absolute Gasteiger partial charge is 0.464 e. The molecule has 266 valence electrons. The van der Waals surface area contributed by atoms with Crippen molar-refractivity contribution in [3.05, 3.63) is 24.3 Å². The van der Waals surface area contributed by atoms with E-state index < -0.39 is 48.1 Å². The van der Waals surface area contributed by atoms with Crippen LogP contribution < -0.4 is 5.32 Å². The number of esters is 2. The summed E-state index contributed by atoms with van der Waals surface area (Å²) in [6.45, 7) is 18.3. The number of ketones is 2. The fraction of sp³-hybridized carbons (Fsp3) is 0.763. The van der Waals surface area contributed by atoms with Gasteiger partial charge in [-0.25, -0.2) is 4.79 Å². The number of hydrogen-bond donors (Lipinski definition) is 2. The van der Waals surface area contributed by atoms with E-state index in [9.17, 15) is 29.1 Å². The number of aliphatic hydroxyl groups is 1. The first-order valence-corrected chi connectivity index (χ1v) is 17.7. The molecule has 2 spiro atoms. The highest BCUT2D eigenvalue weighted by Crippen LogP contribution is 2.87. The Bertz CT molecular complexity index is 1410. The van der Waals surface area contributed by atoms with Gasteiger partial charge in [-0.3, -0.25) is 19.2 Å². The van der Waals surface area contributed by atoms with Crippen LogP contribution in [0.4, 0.5) is 4.79 Å². The van der Waals surface area contributed by atoms with Gasteiger partial charge in [0.25, 0.3) is 0 Å². The van der Waals surface area contributed by atoms with Crippen LogP contribution in [0.2, 0.25) is 0 Å². The highest BCUT2D eigenvalue weighted by molar-refractivity contribution is 5.98. The van der Waals surface area contributed by atoms with Crippen LogP contribution in [0.5, 0.6) is 0 Å². The van der Waals surface area contributed by atoms with Crippen molar-refractivity contribution >= 4 is 29.6 Å². The van der Waals surface area contributed by atoms with Crippen molar-refractivity contribution in [3.63, 3.8) is 0 Å². The van der Waals surface area contributed by atoms with E-state index in [-0.39, 0.29) is 63.8 Å². The molecule has 5 rings (SSSR count). The Morgan fingerprint density at radius 3 is 2.46 bits per heavy atom. The summed E-state index contributed by atoms with van der Waals surface area (Å²) in [6.07, 6.45) is 7.33. The molecule has 0 bridgehead atoms. The van der Waals surface area contributed by atoms with Crippen LogP contribution in [0.3, 0.4) is 0 Å². The Morgan fingerprint density at radius 1 is 1.12 bits per heavy atom. The van der Waals surface area contributed by atoms with Crippen LogP contribution in [0, 0.1) is 51.2 Å². The van der Waals surface area contributed by atoms with E-state index in [1.807, 2.05) is 6.08 Å². The molecule has 5 aliphatic carbocycles. The van der Waals surface area contributed by atoms with E-state index in [0.29, 0.717) is 18.3 Å². The second-order valence-corrected chi connectivity index (χ2v) is 17.0. The summed E-state index contributed by atoms with van der Waals surface area (Å²) in [6, 6.07) is 0. The first-order chi connectivity index (χ1) is 22.2. The number of carbonyl (C=O) groups is 5. The van der Waals surface area contributed by atoms with Gasteiger partial charge >= 0.3 is 18.0 Å². The summed E-state index contributed by atoms with van der Waals surface area (Å²) in [5.41, 5.74) is -0.855. The molecular formula is C38H55NO9. The van der Waals surface area contributed by atoms with Crippen molar-refractivity contribution in [1.29, 1.82) is 0 Å². The highest BCUT2D eigenvalue weighted by Gasteiger charge is 2.81. The predicted octanol–water partition coefficient (Wildman–Crippen LogP) is 5.50. The molecule has 1 unspecified atom stereocenters. The van der Waals surface area contributed by atoms with E-state index >= 15 is 0 Å². The summed E-state index contributed by atoms with van der Waals surface area (Å²) in [7, 11) is 0. The zero-order valence-electron chi connectivity index (χ0n) is 30.0. The molecule has 0 aromatic carbocycles. The lowest BCUT2D eigenvalue weighted by Crippen LogP contribution is -2.55. The minimum absolute atomic E-state index is 0.0376. The average Bonchev–Trinajstić information content (AvgIpc) is 3.61. The average molecular weight is 670 g/mol. The van der Waals surface area contributed by atoms with Crippen molar-refractivity contribution < 1.29 is 43.3 Å². The van der Waals surface area contributed by atoms with Crippen molar-refractivity contribution in [3.8, 4) is 0 Å². The maximum absolute atomic E-state index is 13.5. The molecule has 4 saturated carbocycles. The monoisotopic (exact) mass is 669 g/mol.